The average molecular weight is 381 g/mol. The number of non-ortho nitro benzene ring substituents is 1. The van der Waals surface area contributed by atoms with Crippen LogP contribution in [0.3, 0.4) is 0 Å². The van der Waals surface area contributed by atoms with Crippen LogP contribution in [0.15, 0.2) is 24.3 Å². The summed E-state index contributed by atoms with van der Waals surface area (Å²) in [5, 5.41) is 21.2. The molecule has 0 saturated carbocycles. The summed E-state index contributed by atoms with van der Waals surface area (Å²) in [7, 11) is 0. The number of carboxylic acid groups (broad SMARTS) is 1. The quantitative estimate of drug-likeness (QED) is 0.395. The number of thioether (sulfide) groups is 1. The Kier molecular flexibility index (Phi) is 5.93. The van der Waals surface area contributed by atoms with E-state index in [0.29, 0.717) is 0 Å². The van der Waals surface area contributed by atoms with Crippen LogP contribution in [0.2, 0.25) is 0 Å². The molecule has 0 aliphatic carbocycles. The SMILES string of the molecule is CC(=O)NC(CSC1CC(=O)N(c2ccc([N+](=O)[O-])cc2)C1=O)C(=O)O. The van der Waals surface area contributed by atoms with Crippen LogP contribution in [0.25, 0.3) is 0 Å². The van der Waals surface area contributed by atoms with Gasteiger partial charge in [-0.1, -0.05) is 0 Å². The molecule has 0 spiro atoms. The Balaban J connectivity index is 2.07. The largest absolute Gasteiger partial charge is 0.480 e. The molecule has 0 radical (unpaired) electrons. The van der Waals surface area contributed by atoms with E-state index in [9.17, 15) is 29.3 Å². The molecule has 11 heteroatoms. The van der Waals surface area contributed by atoms with E-state index in [-0.39, 0.29) is 23.5 Å². The number of hydrogen-bond donors (Lipinski definition) is 2. The van der Waals surface area contributed by atoms with E-state index < -0.39 is 39.9 Å². The van der Waals surface area contributed by atoms with Gasteiger partial charge in [-0.05, 0) is 12.1 Å². The lowest BCUT2D eigenvalue weighted by Crippen LogP contribution is -2.42. The van der Waals surface area contributed by atoms with Gasteiger partial charge in [-0.15, -0.1) is 11.8 Å². The zero-order valence-electron chi connectivity index (χ0n) is 13.6. The standard InChI is InChI=1S/C15H15N3O7S/c1-8(19)16-11(15(22)23)7-26-12-6-13(20)17(14(12)21)9-2-4-10(5-3-9)18(24)25/h2-5,11-12H,6-7H2,1H3,(H,16,19)(H,22,23). The number of aliphatic carboxylic acids is 1. The minimum Gasteiger partial charge on any atom is -0.480 e. The second-order valence-electron chi connectivity index (χ2n) is 5.46. The Morgan fingerprint density at radius 1 is 1.38 bits per heavy atom. The van der Waals surface area contributed by atoms with E-state index >= 15 is 0 Å². The van der Waals surface area contributed by atoms with E-state index in [1.54, 1.807) is 0 Å². The van der Waals surface area contributed by atoms with Gasteiger partial charge in [0.1, 0.15) is 6.04 Å². The number of hydrogen-bond acceptors (Lipinski definition) is 7. The number of carbonyl (C=O) groups excluding carboxylic acids is 3. The number of anilines is 1. The van der Waals surface area contributed by atoms with Gasteiger partial charge in [0.15, 0.2) is 0 Å². The van der Waals surface area contributed by atoms with Gasteiger partial charge in [0.2, 0.25) is 17.7 Å². The third-order valence-electron chi connectivity index (χ3n) is 3.56. The predicted octanol–water partition coefficient (Wildman–Crippen LogP) is 0.549. The molecule has 1 saturated heterocycles. The highest BCUT2D eigenvalue weighted by atomic mass is 32.2. The van der Waals surface area contributed by atoms with Crippen LogP contribution in [0, 0.1) is 10.1 Å². The molecule has 3 amide bonds. The van der Waals surface area contributed by atoms with Crippen molar-refractivity contribution >= 4 is 46.8 Å². The molecule has 2 N–H and O–H groups in total. The molecule has 26 heavy (non-hydrogen) atoms. The Morgan fingerprint density at radius 3 is 2.50 bits per heavy atom. The molecule has 1 aliphatic heterocycles. The summed E-state index contributed by atoms with van der Waals surface area (Å²) in [5.41, 5.74) is 0.0451. The van der Waals surface area contributed by atoms with Crippen molar-refractivity contribution in [2.75, 3.05) is 10.7 Å². The highest BCUT2D eigenvalue weighted by Crippen LogP contribution is 2.30. The molecule has 10 nitrogen and oxygen atoms in total. The molecule has 2 rings (SSSR count). The molecule has 1 aromatic carbocycles. The molecule has 2 atom stereocenters. The van der Waals surface area contributed by atoms with Gasteiger partial charge in [0, 0.05) is 31.2 Å². The first-order valence-corrected chi connectivity index (χ1v) is 8.48. The summed E-state index contributed by atoms with van der Waals surface area (Å²) in [5.74, 6) is -2.84. The van der Waals surface area contributed by atoms with Gasteiger partial charge < -0.3 is 10.4 Å². The van der Waals surface area contributed by atoms with Gasteiger partial charge in [0.05, 0.1) is 15.9 Å². The average Bonchev–Trinajstić information content (AvgIpc) is 2.85. The van der Waals surface area contributed by atoms with Crippen molar-refractivity contribution in [3.8, 4) is 0 Å². The normalized spacial score (nSPS) is 17.9. The van der Waals surface area contributed by atoms with Crippen molar-refractivity contribution < 1.29 is 29.2 Å². The number of nitro groups is 1. The Bertz CT molecular complexity index is 765. The third-order valence-corrected chi connectivity index (χ3v) is 4.86. The number of carbonyl (C=O) groups is 4. The summed E-state index contributed by atoms with van der Waals surface area (Å²) < 4.78 is 0. The molecular weight excluding hydrogens is 366 g/mol. The predicted molar refractivity (Wildman–Crippen MR) is 91.7 cm³/mol. The van der Waals surface area contributed by atoms with Crippen LogP contribution in [-0.4, -0.2) is 50.8 Å². The fourth-order valence-corrected chi connectivity index (χ4v) is 3.52. The second-order valence-corrected chi connectivity index (χ2v) is 6.69. The molecule has 0 aromatic heterocycles. The van der Waals surface area contributed by atoms with Crippen molar-refractivity contribution in [1.82, 2.24) is 5.32 Å². The lowest BCUT2D eigenvalue weighted by atomic mass is 10.2. The molecule has 0 bridgehead atoms. The molecule has 2 unspecified atom stereocenters. The lowest BCUT2D eigenvalue weighted by Gasteiger charge is -2.16. The number of benzene rings is 1. The van der Waals surface area contributed by atoms with Crippen LogP contribution < -0.4 is 10.2 Å². The summed E-state index contributed by atoms with van der Waals surface area (Å²) in [6.45, 7) is 1.18. The first kappa shape index (κ1) is 19.4. The maximum atomic E-state index is 12.5. The van der Waals surface area contributed by atoms with Crippen LogP contribution in [0.4, 0.5) is 11.4 Å². The Morgan fingerprint density at radius 2 is 2.00 bits per heavy atom. The third kappa shape index (κ3) is 4.36. The highest BCUT2D eigenvalue weighted by Gasteiger charge is 2.40. The Hall–Kier alpha value is -2.95. The van der Waals surface area contributed by atoms with Crippen molar-refractivity contribution in [2.45, 2.75) is 24.6 Å². The number of rotatable bonds is 7. The smallest absolute Gasteiger partial charge is 0.327 e. The molecule has 138 valence electrons. The van der Waals surface area contributed by atoms with Crippen molar-refractivity contribution in [2.24, 2.45) is 0 Å². The van der Waals surface area contributed by atoms with E-state index in [1.165, 1.54) is 31.2 Å². The number of amides is 3. The highest BCUT2D eigenvalue weighted by molar-refractivity contribution is 8.00. The molecule has 1 fully saturated rings. The van der Waals surface area contributed by atoms with Crippen molar-refractivity contribution in [3.63, 3.8) is 0 Å². The first-order valence-electron chi connectivity index (χ1n) is 7.43. The van der Waals surface area contributed by atoms with Crippen LogP contribution in [0.5, 0.6) is 0 Å². The lowest BCUT2D eigenvalue weighted by molar-refractivity contribution is -0.384. The van der Waals surface area contributed by atoms with Crippen LogP contribution in [-0.2, 0) is 19.2 Å². The van der Waals surface area contributed by atoms with Gasteiger partial charge in [-0.2, -0.15) is 0 Å². The van der Waals surface area contributed by atoms with Crippen LogP contribution >= 0.6 is 11.8 Å². The fourth-order valence-electron chi connectivity index (χ4n) is 2.36. The minimum atomic E-state index is -1.24. The first-order chi connectivity index (χ1) is 12.2. The van der Waals surface area contributed by atoms with Gasteiger partial charge in [-0.3, -0.25) is 24.5 Å². The van der Waals surface area contributed by atoms with Crippen LogP contribution in [0.1, 0.15) is 13.3 Å². The molecule has 1 heterocycles. The zero-order chi connectivity index (χ0) is 19.4. The monoisotopic (exact) mass is 381 g/mol. The van der Waals surface area contributed by atoms with E-state index in [4.69, 9.17) is 5.11 Å². The molecule has 1 aromatic rings. The topological polar surface area (TPSA) is 147 Å². The van der Waals surface area contributed by atoms with E-state index in [1.807, 2.05) is 0 Å². The number of carboxylic acids is 1. The minimum absolute atomic E-state index is 0.0767. The van der Waals surface area contributed by atoms with Crippen molar-refractivity contribution in [3.05, 3.63) is 34.4 Å². The fraction of sp³-hybridized carbons (Fsp3) is 0.333. The summed E-state index contributed by atoms with van der Waals surface area (Å²) in [6, 6.07) is 3.81. The molecule has 1 aliphatic rings. The second kappa shape index (κ2) is 7.95. The number of nitrogens with zero attached hydrogens (tertiary/aromatic N) is 2. The number of nitrogens with one attached hydrogen (secondary N) is 1. The van der Waals surface area contributed by atoms with E-state index in [0.717, 1.165) is 16.7 Å². The summed E-state index contributed by atoms with van der Waals surface area (Å²) >= 11 is 0.965. The Labute approximate surface area is 151 Å². The summed E-state index contributed by atoms with van der Waals surface area (Å²) in [6.07, 6.45) is -0.118. The maximum absolute atomic E-state index is 12.5. The number of nitro benzene ring substituents is 1. The molecular formula is C15H15N3O7S. The van der Waals surface area contributed by atoms with E-state index in [2.05, 4.69) is 5.32 Å². The zero-order valence-corrected chi connectivity index (χ0v) is 14.4. The number of imide groups is 1. The maximum Gasteiger partial charge on any atom is 0.327 e. The summed E-state index contributed by atoms with van der Waals surface area (Å²) in [4.78, 5) is 57.7. The van der Waals surface area contributed by atoms with Gasteiger partial charge in [0.25, 0.3) is 5.69 Å². The van der Waals surface area contributed by atoms with Crippen molar-refractivity contribution in [1.29, 1.82) is 0 Å². The van der Waals surface area contributed by atoms with Gasteiger partial charge in [-0.25, -0.2) is 9.69 Å². The van der Waals surface area contributed by atoms with Gasteiger partial charge >= 0.3 is 5.97 Å².